The molecule has 1 aliphatic carbocycles. The Morgan fingerprint density at radius 1 is 0.900 bits per heavy atom. The van der Waals surface area contributed by atoms with Crippen molar-refractivity contribution in [1.82, 2.24) is 0 Å². The van der Waals surface area contributed by atoms with Crippen molar-refractivity contribution in [1.29, 1.82) is 0 Å². The summed E-state index contributed by atoms with van der Waals surface area (Å²) in [6.07, 6.45) is 4.83. The highest BCUT2D eigenvalue weighted by molar-refractivity contribution is 5.82. The molecule has 0 bridgehead atoms. The van der Waals surface area contributed by atoms with E-state index in [-0.39, 0.29) is 36.0 Å². The fraction of sp³-hybridized carbons (Fsp3) is 0.875. The van der Waals surface area contributed by atoms with Gasteiger partial charge in [-0.1, -0.05) is 26.7 Å². The molecule has 1 aliphatic rings. The minimum Gasteiger partial charge on any atom is -0.462 e. The summed E-state index contributed by atoms with van der Waals surface area (Å²) in [5.74, 6) is -1.11. The van der Waals surface area contributed by atoms with Gasteiger partial charge in [-0.05, 0) is 39.5 Å². The van der Waals surface area contributed by atoms with Crippen LogP contribution in [0, 0.1) is 11.8 Å². The number of hydrogen-bond acceptors (Lipinski definition) is 4. The molecule has 0 aromatic rings. The van der Waals surface area contributed by atoms with Gasteiger partial charge in [-0.3, -0.25) is 9.59 Å². The van der Waals surface area contributed by atoms with Gasteiger partial charge in [0.05, 0.1) is 24.0 Å². The van der Waals surface area contributed by atoms with E-state index in [9.17, 15) is 9.59 Å². The molecule has 0 aromatic heterocycles. The summed E-state index contributed by atoms with van der Waals surface area (Å²) >= 11 is 0. The van der Waals surface area contributed by atoms with Crippen molar-refractivity contribution in [2.45, 2.75) is 78.4 Å². The van der Waals surface area contributed by atoms with Crippen LogP contribution in [0.25, 0.3) is 0 Å². The van der Waals surface area contributed by atoms with Crippen LogP contribution in [-0.2, 0) is 19.1 Å². The van der Waals surface area contributed by atoms with Gasteiger partial charge in [0.15, 0.2) is 0 Å². The predicted octanol–water partition coefficient (Wildman–Crippen LogP) is 3.48. The van der Waals surface area contributed by atoms with E-state index in [0.717, 1.165) is 38.5 Å². The van der Waals surface area contributed by atoms with Gasteiger partial charge in [0.25, 0.3) is 0 Å². The molecule has 20 heavy (non-hydrogen) atoms. The average molecular weight is 284 g/mol. The van der Waals surface area contributed by atoms with E-state index < -0.39 is 0 Å². The number of carbonyl (C=O) groups excluding carboxylic acids is 2. The number of ether oxygens (including phenoxy) is 2. The van der Waals surface area contributed by atoms with Crippen molar-refractivity contribution in [3.05, 3.63) is 0 Å². The number of carbonyl (C=O) groups is 2. The van der Waals surface area contributed by atoms with E-state index in [4.69, 9.17) is 9.47 Å². The average Bonchev–Trinajstić information content (AvgIpc) is 2.46. The molecule has 4 nitrogen and oxygen atoms in total. The van der Waals surface area contributed by atoms with Crippen LogP contribution in [0.5, 0.6) is 0 Å². The summed E-state index contributed by atoms with van der Waals surface area (Å²) < 4.78 is 10.8. The van der Waals surface area contributed by atoms with Gasteiger partial charge < -0.3 is 9.47 Å². The Balaban J connectivity index is 2.66. The van der Waals surface area contributed by atoms with Gasteiger partial charge in [0.1, 0.15) is 0 Å². The SMILES string of the molecule is CCC(C)OC(=O)C1CCCCC1C(=O)OC(C)CC. The molecule has 0 saturated heterocycles. The van der Waals surface area contributed by atoms with Crippen molar-refractivity contribution in [2.24, 2.45) is 11.8 Å². The lowest BCUT2D eigenvalue weighted by atomic mass is 9.79. The summed E-state index contributed by atoms with van der Waals surface area (Å²) in [5, 5.41) is 0. The second-order valence-corrected chi connectivity index (χ2v) is 5.81. The molecule has 0 aromatic carbocycles. The van der Waals surface area contributed by atoms with Crippen molar-refractivity contribution in [2.75, 3.05) is 0 Å². The quantitative estimate of drug-likeness (QED) is 0.701. The van der Waals surface area contributed by atoms with Crippen LogP contribution in [0.2, 0.25) is 0 Å². The van der Waals surface area contributed by atoms with Gasteiger partial charge in [-0.15, -0.1) is 0 Å². The third-order valence-electron chi connectivity index (χ3n) is 4.16. The molecule has 0 aliphatic heterocycles. The first-order chi connectivity index (χ1) is 9.49. The first-order valence-corrected chi connectivity index (χ1v) is 7.90. The summed E-state index contributed by atoms with van der Waals surface area (Å²) in [5.41, 5.74) is 0. The maximum Gasteiger partial charge on any atom is 0.310 e. The van der Waals surface area contributed by atoms with Crippen LogP contribution in [-0.4, -0.2) is 24.1 Å². The van der Waals surface area contributed by atoms with Crippen LogP contribution < -0.4 is 0 Å². The van der Waals surface area contributed by atoms with Crippen LogP contribution in [0.4, 0.5) is 0 Å². The van der Waals surface area contributed by atoms with Gasteiger partial charge in [-0.25, -0.2) is 0 Å². The highest BCUT2D eigenvalue weighted by Gasteiger charge is 2.38. The van der Waals surface area contributed by atoms with Gasteiger partial charge >= 0.3 is 11.9 Å². The molecule has 116 valence electrons. The molecule has 1 rings (SSSR count). The molecule has 4 heteroatoms. The van der Waals surface area contributed by atoms with Gasteiger partial charge in [0.2, 0.25) is 0 Å². The fourth-order valence-electron chi connectivity index (χ4n) is 2.43. The van der Waals surface area contributed by atoms with Crippen LogP contribution in [0.1, 0.15) is 66.2 Å². The van der Waals surface area contributed by atoms with E-state index in [0.29, 0.717) is 0 Å². The molecule has 4 unspecified atom stereocenters. The lowest BCUT2D eigenvalue weighted by molar-refractivity contribution is -0.168. The molecule has 0 amide bonds. The molecule has 0 radical (unpaired) electrons. The first kappa shape index (κ1) is 17.0. The van der Waals surface area contributed by atoms with E-state index in [1.807, 2.05) is 27.7 Å². The van der Waals surface area contributed by atoms with Crippen molar-refractivity contribution in [3.63, 3.8) is 0 Å². The second-order valence-electron chi connectivity index (χ2n) is 5.81. The monoisotopic (exact) mass is 284 g/mol. The first-order valence-electron chi connectivity index (χ1n) is 7.90. The second kappa shape index (κ2) is 8.28. The standard InChI is InChI=1S/C16H28O4/c1-5-11(3)19-15(17)13-9-7-8-10-14(13)16(18)20-12(4)6-2/h11-14H,5-10H2,1-4H3. The van der Waals surface area contributed by atoms with Crippen LogP contribution in [0.3, 0.4) is 0 Å². The summed E-state index contributed by atoms with van der Waals surface area (Å²) in [7, 11) is 0. The van der Waals surface area contributed by atoms with E-state index >= 15 is 0 Å². The van der Waals surface area contributed by atoms with Gasteiger partial charge in [0, 0.05) is 0 Å². The van der Waals surface area contributed by atoms with E-state index in [1.165, 1.54) is 0 Å². The third-order valence-corrected chi connectivity index (χ3v) is 4.16. The Labute approximate surface area is 122 Å². The molecular weight excluding hydrogens is 256 g/mol. The number of hydrogen-bond donors (Lipinski definition) is 0. The molecule has 0 heterocycles. The zero-order valence-corrected chi connectivity index (χ0v) is 13.2. The minimum absolute atomic E-state index is 0.0873. The maximum atomic E-state index is 12.2. The van der Waals surface area contributed by atoms with Crippen LogP contribution >= 0.6 is 0 Å². The summed E-state index contributed by atoms with van der Waals surface area (Å²) in [6, 6.07) is 0. The Hall–Kier alpha value is -1.06. The smallest absolute Gasteiger partial charge is 0.310 e. The summed E-state index contributed by atoms with van der Waals surface area (Å²) in [4.78, 5) is 24.4. The molecular formula is C16H28O4. The Morgan fingerprint density at radius 3 is 1.55 bits per heavy atom. The van der Waals surface area contributed by atoms with Crippen molar-refractivity contribution >= 4 is 11.9 Å². The van der Waals surface area contributed by atoms with E-state index in [1.54, 1.807) is 0 Å². The largest absolute Gasteiger partial charge is 0.462 e. The highest BCUT2D eigenvalue weighted by Crippen LogP contribution is 2.32. The van der Waals surface area contributed by atoms with Crippen molar-refractivity contribution < 1.29 is 19.1 Å². The predicted molar refractivity (Wildman–Crippen MR) is 77.1 cm³/mol. The number of rotatable bonds is 6. The topological polar surface area (TPSA) is 52.6 Å². The zero-order valence-electron chi connectivity index (χ0n) is 13.2. The lowest BCUT2D eigenvalue weighted by Gasteiger charge is -2.30. The van der Waals surface area contributed by atoms with E-state index in [2.05, 4.69) is 0 Å². The fourth-order valence-corrected chi connectivity index (χ4v) is 2.43. The highest BCUT2D eigenvalue weighted by atomic mass is 16.6. The maximum absolute atomic E-state index is 12.2. The lowest BCUT2D eigenvalue weighted by Crippen LogP contribution is -2.37. The molecule has 4 atom stereocenters. The normalized spacial score (nSPS) is 25.6. The summed E-state index contributed by atoms with van der Waals surface area (Å²) in [6.45, 7) is 7.72. The molecule has 0 spiro atoms. The zero-order chi connectivity index (χ0) is 15.1. The third kappa shape index (κ3) is 4.80. The van der Waals surface area contributed by atoms with Gasteiger partial charge in [-0.2, -0.15) is 0 Å². The Morgan fingerprint density at radius 2 is 1.25 bits per heavy atom. The molecule has 1 fully saturated rings. The molecule has 1 saturated carbocycles. The molecule has 0 N–H and O–H groups in total. The van der Waals surface area contributed by atoms with Crippen LogP contribution in [0.15, 0.2) is 0 Å². The Bertz CT molecular complexity index is 294. The number of esters is 2. The minimum atomic E-state index is -0.325. The Kier molecular flexibility index (Phi) is 7.03. The van der Waals surface area contributed by atoms with Crippen molar-refractivity contribution in [3.8, 4) is 0 Å².